The van der Waals surface area contributed by atoms with E-state index >= 15 is 0 Å². The van der Waals surface area contributed by atoms with E-state index in [2.05, 4.69) is 38.4 Å². The third kappa shape index (κ3) is 5.82. The molecule has 0 bridgehead atoms. The SMILES string of the molecule is Cc1ccc(CNC(=O)C(=O)NN=Cc2cccc(I)c2)cc1. The number of benzene rings is 2. The van der Waals surface area contributed by atoms with Gasteiger partial charge in [0.1, 0.15) is 0 Å². The Labute approximate surface area is 148 Å². The summed E-state index contributed by atoms with van der Waals surface area (Å²) >= 11 is 2.19. The lowest BCUT2D eigenvalue weighted by Crippen LogP contribution is -2.37. The summed E-state index contributed by atoms with van der Waals surface area (Å²) in [5.41, 5.74) is 5.13. The Morgan fingerprint density at radius 2 is 1.87 bits per heavy atom. The smallest absolute Gasteiger partial charge is 0.329 e. The molecular weight excluding hydrogens is 405 g/mol. The molecule has 2 rings (SSSR count). The number of halogens is 1. The first-order chi connectivity index (χ1) is 11.0. The highest BCUT2D eigenvalue weighted by Crippen LogP contribution is 2.05. The zero-order valence-corrected chi connectivity index (χ0v) is 14.7. The third-order valence-electron chi connectivity index (χ3n) is 3.01. The van der Waals surface area contributed by atoms with Crippen molar-refractivity contribution in [1.29, 1.82) is 0 Å². The predicted molar refractivity (Wildman–Crippen MR) is 97.9 cm³/mol. The van der Waals surface area contributed by atoms with Gasteiger partial charge in [-0.05, 0) is 52.8 Å². The molecule has 2 aromatic carbocycles. The summed E-state index contributed by atoms with van der Waals surface area (Å²) in [7, 11) is 0. The molecule has 0 aliphatic carbocycles. The first kappa shape index (κ1) is 17.1. The quantitative estimate of drug-likeness (QED) is 0.345. The molecule has 2 N–H and O–H groups in total. The van der Waals surface area contributed by atoms with Gasteiger partial charge in [0.2, 0.25) is 0 Å². The van der Waals surface area contributed by atoms with Gasteiger partial charge in [-0.1, -0.05) is 42.0 Å². The van der Waals surface area contributed by atoms with Crippen LogP contribution in [0.2, 0.25) is 0 Å². The van der Waals surface area contributed by atoms with Crippen molar-refractivity contribution in [3.63, 3.8) is 0 Å². The van der Waals surface area contributed by atoms with Crippen molar-refractivity contribution in [3.05, 3.63) is 68.8 Å². The van der Waals surface area contributed by atoms with Crippen molar-refractivity contribution in [2.45, 2.75) is 13.5 Å². The third-order valence-corrected chi connectivity index (χ3v) is 3.68. The number of nitrogens with zero attached hydrogens (tertiary/aromatic N) is 1. The summed E-state index contributed by atoms with van der Waals surface area (Å²) in [5, 5.41) is 6.33. The Bertz CT molecular complexity index is 727. The minimum Gasteiger partial charge on any atom is -0.344 e. The van der Waals surface area contributed by atoms with Crippen LogP contribution in [0.4, 0.5) is 0 Å². The fraction of sp³-hybridized carbons (Fsp3) is 0.118. The van der Waals surface area contributed by atoms with E-state index in [1.165, 1.54) is 6.21 Å². The number of aryl methyl sites for hydroxylation is 1. The Morgan fingerprint density at radius 1 is 1.13 bits per heavy atom. The van der Waals surface area contributed by atoms with Crippen LogP contribution in [0.3, 0.4) is 0 Å². The first-order valence-electron chi connectivity index (χ1n) is 6.97. The van der Waals surface area contributed by atoms with E-state index in [0.29, 0.717) is 6.54 Å². The van der Waals surface area contributed by atoms with Crippen LogP contribution in [-0.4, -0.2) is 18.0 Å². The van der Waals surface area contributed by atoms with Crippen molar-refractivity contribution in [3.8, 4) is 0 Å². The van der Waals surface area contributed by atoms with Crippen molar-refractivity contribution in [2.24, 2.45) is 5.10 Å². The number of carbonyl (C=O) groups is 2. The lowest BCUT2D eigenvalue weighted by Gasteiger charge is -2.04. The number of nitrogens with one attached hydrogen (secondary N) is 2. The van der Waals surface area contributed by atoms with Gasteiger partial charge in [-0.15, -0.1) is 0 Å². The van der Waals surface area contributed by atoms with Crippen LogP contribution in [0.15, 0.2) is 53.6 Å². The van der Waals surface area contributed by atoms with Gasteiger partial charge in [0.25, 0.3) is 0 Å². The Balaban J connectivity index is 1.80. The fourth-order valence-electron chi connectivity index (χ4n) is 1.77. The molecular formula is C17H16IN3O2. The number of carbonyl (C=O) groups excluding carboxylic acids is 2. The van der Waals surface area contributed by atoms with E-state index in [4.69, 9.17) is 0 Å². The van der Waals surface area contributed by atoms with E-state index in [1.54, 1.807) is 0 Å². The van der Waals surface area contributed by atoms with E-state index in [1.807, 2.05) is 55.5 Å². The molecule has 0 radical (unpaired) electrons. The number of hydrazone groups is 1. The normalized spacial score (nSPS) is 10.5. The van der Waals surface area contributed by atoms with Crippen molar-refractivity contribution in [1.82, 2.24) is 10.7 Å². The highest BCUT2D eigenvalue weighted by atomic mass is 127. The Morgan fingerprint density at radius 3 is 2.57 bits per heavy atom. The maximum absolute atomic E-state index is 11.7. The van der Waals surface area contributed by atoms with Crippen LogP contribution in [0, 0.1) is 10.5 Å². The summed E-state index contributed by atoms with van der Waals surface area (Å²) in [6, 6.07) is 15.3. The van der Waals surface area contributed by atoms with Crippen molar-refractivity contribution in [2.75, 3.05) is 0 Å². The zero-order chi connectivity index (χ0) is 16.7. The van der Waals surface area contributed by atoms with E-state index in [-0.39, 0.29) is 0 Å². The van der Waals surface area contributed by atoms with Crippen LogP contribution in [0.1, 0.15) is 16.7 Å². The first-order valence-corrected chi connectivity index (χ1v) is 8.05. The highest BCUT2D eigenvalue weighted by Gasteiger charge is 2.11. The van der Waals surface area contributed by atoms with Crippen LogP contribution in [0.25, 0.3) is 0 Å². The molecule has 0 atom stereocenters. The average molecular weight is 421 g/mol. The molecule has 23 heavy (non-hydrogen) atoms. The maximum Gasteiger partial charge on any atom is 0.329 e. The van der Waals surface area contributed by atoms with Gasteiger partial charge in [0, 0.05) is 10.1 Å². The monoisotopic (exact) mass is 421 g/mol. The van der Waals surface area contributed by atoms with Gasteiger partial charge in [-0.2, -0.15) is 5.10 Å². The molecule has 0 aromatic heterocycles. The summed E-state index contributed by atoms with van der Waals surface area (Å²) in [6.07, 6.45) is 1.49. The van der Waals surface area contributed by atoms with Gasteiger partial charge >= 0.3 is 11.8 Å². The van der Waals surface area contributed by atoms with E-state index in [0.717, 1.165) is 20.3 Å². The predicted octanol–water partition coefficient (Wildman–Crippen LogP) is 2.37. The zero-order valence-electron chi connectivity index (χ0n) is 12.5. The molecule has 6 heteroatoms. The molecule has 118 valence electrons. The molecule has 0 heterocycles. The molecule has 5 nitrogen and oxygen atoms in total. The van der Waals surface area contributed by atoms with Gasteiger partial charge in [-0.25, -0.2) is 5.43 Å². The maximum atomic E-state index is 11.7. The summed E-state index contributed by atoms with van der Waals surface area (Å²) in [5.74, 6) is -1.51. The second-order valence-electron chi connectivity index (χ2n) is 4.92. The van der Waals surface area contributed by atoms with Crippen molar-refractivity contribution < 1.29 is 9.59 Å². The molecule has 0 aliphatic heterocycles. The molecule has 0 saturated heterocycles. The average Bonchev–Trinajstić information content (AvgIpc) is 2.54. The number of rotatable bonds is 4. The number of hydrogen-bond acceptors (Lipinski definition) is 3. The second-order valence-corrected chi connectivity index (χ2v) is 6.17. The molecule has 2 aromatic rings. The summed E-state index contributed by atoms with van der Waals surface area (Å²) in [6.45, 7) is 2.29. The second kappa shape index (κ2) is 8.42. The summed E-state index contributed by atoms with van der Waals surface area (Å²) in [4.78, 5) is 23.3. The van der Waals surface area contributed by atoms with Crippen molar-refractivity contribution >= 4 is 40.6 Å². The van der Waals surface area contributed by atoms with Crippen LogP contribution in [0.5, 0.6) is 0 Å². The largest absolute Gasteiger partial charge is 0.344 e. The minimum absolute atomic E-state index is 0.299. The number of amides is 2. The van der Waals surface area contributed by atoms with E-state index < -0.39 is 11.8 Å². The molecule has 0 fully saturated rings. The standard InChI is InChI=1S/C17H16IN3O2/c1-12-5-7-13(8-6-12)10-19-16(22)17(23)21-20-11-14-3-2-4-15(18)9-14/h2-9,11H,10H2,1H3,(H,19,22)(H,21,23). The van der Waals surface area contributed by atoms with Gasteiger partial charge in [-0.3, -0.25) is 9.59 Å². The Kier molecular flexibility index (Phi) is 6.28. The van der Waals surface area contributed by atoms with E-state index in [9.17, 15) is 9.59 Å². The molecule has 0 aliphatic rings. The highest BCUT2D eigenvalue weighted by molar-refractivity contribution is 14.1. The number of hydrogen-bond donors (Lipinski definition) is 2. The lowest BCUT2D eigenvalue weighted by molar-refractivity contribution is -0.139. The minimum atomic E-state index is -0.793. The molecule has 0 saturated carbocycles. The Hall–Kier alpha value is -2.22. The molecule has 0 unspecified atom stereocenters. The lowest BCUT2D eigenvalue weighted by atomic mass is 10.1. The van der Waals surface area contributed by atoms with Gasteiger partial charge in [0.05, 0.1) is 6.21 Å². The van der Waals surface area contributed by atoms with Crippen LogP contribution >= 0.6 is 22.6 Å². The fourth-order valence-corrected chi connectivity index (χ4v) is 2.34. The summed E-state index contributed by atoms with van der Waals surface area (Å²) < 4.78 is 1.06. The van der Waals surface area contributed by atoms with Crippen LogP contribution in [-0.2, 0) is 16.1 Å². The molecule has 2 amide bonds. The van der Waals surface area contributed by atoms with Gasteiger partial charge < -0.3 is 5.32 Å². The topological polar surface area (TPSA) is 70.6 Å². The molecule has 0 spiro atoms. The van der Waals surface area contributed by atoms with Crippen LogP contribution < -0.4 is 10.7 Å². The van der Waals surface area contributed by atoms with Gasteiger partial charge in [0.15, 0.2) is 0 Å².